The van der Waals surface area contributed by atoms with E-state index >= 15 is 0 Å². The third-order valence-corrected chi connectivity index (χ3v) is 2.62. The summed E-state index contributed by atoms with van der Waals surface area (Å²) in [7, 11) is 0. The molecule has 1 heterocycles. The Morgan fingerprint density at radius 2 is 2.00 bits per heavy atom. The standard InChI is InChI=1S/C14H11NO3/c1-9(16)13-7-10(14(17)18)4-5-12(13)11-3-2-6-15-8-11/h2-8H,1H3,(H,17,18). The molecule has 0 saturated carbocycles. The van der Waals surface area contributed by atoms with Gasteiger partial charge in [0.2, 0.25) is 0 Å². The van der Waals surface area contributed by atoms with E-state index in [-0.39, 0.29) is 11.3 Å². The number of hydrogen-bond acceptors (Lipinski definition) is 3. The molecule has 2 aromatic rings. The maximum Gasteiger partial charge on any atom is 0.335 e. The molecule has 0 amide bonds. The molecular formula is C14H11NO3. The van der Waals surface area contributed by atoms with Crippen LogP contribution in [0.25, 0.3) is 11.1 Å². The summed E-state index contributed by atoms with van der Waals surface area (Å²) in [5.74, 6) is -1.22. The molecule has 0 saturated heterocycles. The van der Waals surface area contributed by atoms with Crippen LogP contribution >= 0.6 is 0 Å². The maximum atomic E-state index is 11.6. The molecule has 0 bridgehead atoms. The number of pyridine rings is 1. The Balaban J connectivity index is 2.61. The summed E-state index contributed by atoms with van der Waals surface area (Å²) < 4.78 is 0. The number of nitrogens with zero attached hydrogens (tertiary/aromatic N) is 1. The van der Waals surface area contributed by atoms with E-state index in [1.54, 1.807) is 24.5 Å². The smallest absolute Gasteiger partial charge is 0.335 e. The van der Waals surface area contributed by atoms with E-state index < -0.39 is 5.97 Å². The van der Waals surface area contributed by atoms with Crippen molar-refractivity contribution in [2.45, 2.75) is 6.92 Å². The number of carboxylic acid groups (broad SMARTS) is 1. The third kappa shape index (κ3) is 2.27. The topological polar surface area (TPSA) is 67.3 Å². The average Bonchev–Trinajstić information content (AvgIpc) is 2.39. The van der Waals surface area contributed by atoms with Crippen molar-refractivity contribution in [1.29, 1.82) is 0 Å². The summed E-state index contributed by atoms with van der Waals surface area (Å²) in [6, 6.07) is 8.11. The van der Waals surface area contributed by atoms with Crippen molar-refractivity contribution in [1.82, 2.24) is 4.98 Å². The van der Waals surface area contributed by atoms with Crippen LogP contribution in [0, 0.1) is 0 Å². The second-order valence-electron chi connectivity index (χ2n) is 3.86. The van der Waals surface area contributed by atoms with E-state index in [2.05, 4.69) is 4.98 Å². The number of Topliss-reactive ketones (excluding diaryl/α,β-unsaturated/α-hetero) is 1. The van der Waals surface area contributed by atoms with Gasteiger partial charge in [0.05, 0.1) is 5.56 Å². The highest BCUT2D eigenvalue weighted by Gasteiger charge is 2.13. The van der Waals surface area contributed by atoms with Crippen LogP contribution in [0.3, 0.4) is 0 Å². The van der Waals surface area contributed by atoms with Gasteiger partial charge in [-0.1, -0.05) is 12.1 Å². The van der Waals surface area contributed by atoms with Gasteiger partial charge >= 0.3 is 5.97 Å². The van der Waals surface area contributed by atoms with Crippen LogP contribution < -0.4 is 0 Å². The quantitative estimate of drug-likeness (QED) is 0.839. The van der Waals surface area contributed by atoms with Crippen LogP contribution in [0.15, 0.2) is 42.7 Å². The molecule has 0 aliphatic rings. The van der Waals surface area contributed by atoms with Crippen LogP contribution in [-0.2, 0) is 0 Å². The Kier molecular flexibility index (Phi) is 3.19. The fourth-order valence-corrected chi connectivity index (χ4v) is 1.74. The van der Waals surface area contributed by atoms with Gasteiger partial charge in [0, 0.05) is 23.5 Å². The van der Waals surface area contributed by atoms with Crippen molar-refractivity contribution in [3.8, 4) is 11.1 Å². The summed E-state index contributed by atoms with van der Waals surface area (Å²) in [5.41, 5.74) is 1.98. The molecule has 1 aromatic carbocycles. The molecule has 18 heavy (non-hydrogen) atoms. The number of hydrogen-bond donors (Lipinski definition) is 1. The molecular weight excluding hydrogens is 230 g/mol. The van der Waals surface area contributed by atoms with Crippen molar-refractivity contribution in [2.24, 2.45) is 0 Å². The lowest BCUT2D eigenvalue weighted by atomic mass is 9.96. The SMILES string of the molecule is CC(=O)c1cc(C(=O)O)ccc1-c1cccnc1. The van der Waals surface area contributed by atoms with Crippen molar-refractivity contribution in [3.05, 3.63) is 53.9 Å². The molecule has 90 valence electrons. The van der Waals surface area contributed by atoms with Gasteiger partial charge in [0.15, 0.2) is 5.78 Å². The molecule has 1 N–H and O–H groups in total. The van der Waals surface area contributed by atoms with E-state index in [4.69, 9.17) is 5.11 Å². The van der Waals surface area contributed by atoms with Gasteiger partial charge in [-0.15, -0.1) is 0 Å². The monoisotopic (exact) mass is 241 g/mol. The lowest BCUT2D eigenvalue weighted by Gasteiger charge is -2.07. The molecule has 0 aliphatic carbocycles. The lowest BCUT2D eigenvalue weighted by molar-refractivity contribution is 0.0697. The van der Waals surface area contributed by atoms with E-state index in [1.165, 1.54) is 19.1 Å². The number of benzene rings is 1. The van der Waals surface area contributed by atoms with Crippen molar-refractivity contribution >= 4 is 11.8 Å². The van der Waals surface area contributed by atoms with Gasteiger partial charge in [-0.25, -0.2) is 4.79 Å². The first kappa shape index (κ1) is 12.0. The minimum absolute atomic E-state index is 0.104. The van der Waals surface area contributed by atoms with Gasteiger partial charge in [-0.2, -0.15) is 0 Å². The molecule has 4 heteroatoms. The Morgan fingerprint density at radius 1 is 1.22 bits per heavy atom. The van der Waals surface area contributed by atoms with Gasteiger partial charge in [-0.05, 0) is 30.7 Å². The Morgan fingerprint density at radius 3 is 2.56 bits per heavy atom. The highest BCUT2D eigenvalue weighted by atomic mass is 16.4. The molecule has 2 rings (SSSR count). The molecule has 1 aromatic heterocycles. The number of aromatic nitrogens is 1. The molecule has 0 spiro atoms. The maximum absolute atomic E-state index is 11.6. The second-order valence-corrected chi connectivity index (χ2v) is 3.86. The minimum Gasteiger partial charge on any atom is -0.478 e. The van der Waals surface area contributed by atoms with E-state index in [9.17, 15) is 9.59 Å². The van der Waals surface area contributed by atoms with Crippen LogP contribution in [0.5, 0.6) is 0 Å². The number of rotatable bonds is 3. The van der Waals surface area contributed by atoms with Crippen LogP contribution in [0.4, 0.5) is 0 Å². The van der Waals surface area contributed by atoms with Crippen LogP contribution in [0.1, 0.15) is 27.6 Å². The zero-order chi connectivity index (χ0) is 13.1. The first-order valence-corrected chi connectivity index (χ1v) is 5.38. The first-order chi connectivity index (χ1) is 8.59. The van der Waals surface area contributed by atoms with E-state index in [0.29, 0.717) is 11.1 Å². The fraction of sp³-hybridized carbons (Fsp3) is 0.0714. The molecule has 0 fully saturated rings. The molecule has 0 radical (unpaired) electrons. The van der Waals surface area contributed by atoms with Crippen molar-refractivity contribution in [3.63, 3.8) is 0 Å². The predicted octanol–water partition coefficient (Wildman–Crippen LogP) is 2.65. The Hall–Kier alpha value is -2.49. The first-order valence-electron chi connectivity index (χ1n) is 5.38. The number of ketones is 1. The largest absolute Gasteiger partial charge is 0.478 e. The van der Waals surface area contributed by atoms with Crippen molar-refractivity contribution < 1.29 is 14.7 Å². The third-order valence-electron chi connectivity index (χ3n) is 2.62. The second kappa shape index (κ2) is 4.79. The fourth-order valence-electron chi connectivity index (χ4n) is 1.74. The summed E-state index contributed by atoms with van der Waals surface area (Å²) >= 11 is 0. The molecule has 4 nitrogen and oxygen atoms in total. The number of carbonyl (C=O) groups excluding carboxylic acids is 1. The highest BCUT2D eigenvalue weighted by molar-refractivity contribution is 6.03. The average molecular weight is 241 g/mol. The van der Waals surface area contributed by atoms with Gasteiger partial charge in [0.25, 0.3) is 0 Å². The minimum atomic E-state index is -1.05. The van der Waals surface area contributed by atoms with Gasteiger partial charge in [-0.3, -0.25) is 9.78 Å². The number of aromatic carboxylic acids is 1. The predicted molar refractivity (Wildman–Crippen MR) is 66.6 cm³/mol. The normalized spacial score (nSPS) is 10.1. The number of carboxylic acids is 1. The van der Waals surface area contributed by atoms with Crippen molar-refractivity contribution in [2.75, 3.05) is 0 Å². The molecule has 0 unspecified atom stereocenters. The zero-order valence-electron chi connectivity index (χ0n) is 9.75. The lowest BCUT2D eigenvalue weighted by Crippen LogP contribution is -2.02. The zero-order valence-corrected chi connectivity index (χ0v) is 9.75. The highest BCUT2D eigenvalue weighted by Crippen LogP contribution is 2.24. The Bertz CT molecular complexity index is 606. The van der Waals surface area contributed by atoms with E-state index in [0.717, 1.165) is 5.56 Å². The summed E-state index contributed by atoms with van der Waals surface area (Å²) in [4.78, 5) is 26.5. The summed E-state index contributed by atoms with van der Waals surface area (Å²) in [6.07, 6.45) is 3.28. The van der Waals surface area contributed by atoms with E-state index in [1.807, 2.05) is 6.07 Å². The summed E-state index contributed by atoms with van der Waals surface area (Å²) in [5, 5.41) is 8.93. The Labute approximate surface area is 104 Å². The molecule has 0 aliphatic heterocycles. The van der Waals surface area contributed by atoms with Crippen LogP contribution in [0.2, 0.25) is 0 Å². The number of carbonyl (C=O) groups is 2. The molecule has 0 atom stereocenters. The summed E-state index contributed by atoms with van der Waals surface area (Å²) in [6.45, 7) is 1.42. The van der Waals surface area contributed by atoms with Crippen LogP contribution in [-0.4, -0.2) is 21.8 Å². The van der Waals surface area contributed by atoms with Gasteiger partial charge in [0.1, 0.15) is 0 Å². The van der Waals surface area contributed by atoms with Gasteiger partial charge < -0.3 is 5.11 Å².